The first kappa shape index (κ1) is 14.3. The Morgan fingerprint density at radius 2 is 1.94 bits per heavy atom. The van der Waals surface area contributed by atoms with E-state index in [9.17, 15) is 4.79 Å². The minimum atomic E-state index is -0.902. The minimum Gasteiger partial charge on any atom is -0.491 e. The van der Waals surface area contributed by atoms with Gasteiger partial charge >= 0.3 is 5.97 Å². The van der Waals surface area contributed by atoms with Gasteiger partial charge in [0.1, 0.15) is 5.75 Å². The molecule has 1 aromatic rings. The number of carboxylic acids is 1. The average Bonchev–Trinajstić information content (AvgIpc) is 2.28. The van der Waals surface area contributed by atoms with Crippen LogP contribution >= 0.6 is 0 Å². The summed E-state index contributed by atoms with van der Waals surface area (Å²) in [7, 11) is 0. The number of ether oxygens (including phenoxy) is 1. The molecule has 0 aliphatic heterocycles. The highest BCUT2D eigenvalue weighted by Gasteiger charge is 2.04. The molecule has 0 atom stereocenters. The molecule has 0 heterocycles. The van der Waals surface area contributed by atoms with Crippen molar-refractivity contribution < 1.29 is 14.6 Å². The zero-order valence-corrected chi connectivity index (χ0v) is 11.1. The van der Waals surface area contributed by atoms with Crippen molar-refractivity contribution in [1.82, 2.24) is 0 Å². The highest BCUT2D eigenvalue weighted by molar-refractivity contribution is 5.90. The van der Waals surface area contributed by atoms with E-state index in [0.29, 0.717) is 0 Å². The SMILES string of the molecule is CCC/C(=C\C(=O)O)c1ccc(OC(C)C)cc1. The first-order valence-corrected chi connectivity index (χ1v) is 6.23. The smallest absolute Gasteiger partial charge is 0.328 e. The van der Waals surface area contributed by atoms with Gasteiger partial charge in [0.15, 0.2) is 0 Å². The van der Waals surface area contributed by atoms with Crippen LogP contribution in [0.15, 0.2) is 30.3 Å². The third kappa shape index (κ3) is 4.62. The molecule has 0 saturated heterocycles. The second-order valence-electron chi connectivity index (χ2n) is 4.45. The zero-order chi connectivity index (χ0) is 13.5. The van der Waals surface area contributed by atoms with Crippen molar-refractivity contribution in [3.05, 3.63) is 35.9 Å². The molecular weight excluding hydrogens is 228 g/mol. The van der Waals surface area contributed by atoms with Gasteiger partial charge in [0.25, 0.3) is 0 Å². The summed E-state index contributed by atoms with van der Waals surface area (Å²) in [6.45, 7) is 5.98. The maximum Gasteiger partial charge on any atom is 0.328 e. The van der Waals surface area contributed by atoms with Crippen LogP contribution < -0.4 is 4.74 Å². The lowest BCUT2D eigenvalue weighted by Crippen LogP contribution is -2.05. The molecule has 0 bridgehead atoms. The maximum atomic E-state index is 10.8. The van der Waals surface area contributed by atoms with E-state index < -0.39 is 5.97 Å². The predicted molar refractivity (Wildman–Crippen MR) is 72.7 cm³/mol. The summed E-state index contributed by atoms with van der Waals surface area (Å²) >= 11 is 0. The van der Waals surface area contributed by atoms with Gasteiger partial charge < -0.3 is 9.84 Å². The van der Waals surface area contributed by atoms with Crippen LogP contribution in [0.3, 0.4) is 0 Å². The van der Waals surface area contributed by atoms with Gasteiger partial charge in [-0.05, 0) is 43.5 Å². The summed E-state index contributed by atoms with van der Waals surface area (Å²) in [5.41, 5.74) is 1.79. The van der Waals surface area contributed by atoms with Gasteiger partial charge in [0.2, 0.25) is 0 Å². The third-order valence-electron chi connectivity index (χ3n) is 2.41. The Morgan fingerprint density at radius 1 is 1.33 bits per heavy atom. The Balaban J connectivity index is 2.90. The van der Waals surface area contributed by atoms with Crippen molar-refractivity contribution >= 4 is 11.5 Å². The molecule has 0 radical (unpaired) electrons. The Labute approximate surface area is 108 Å². The topological polar surface area (TPSA) is 46.5 Å². The molecule has 1 rings (SSSR count). The fraction of sp³-hybridized carbons (Fsp3) is 0.400. The lowest BCUT2D eigenvalue weighted by molar-refractivity contribution is -0.131. The quantitative estimate of drug-likeness (QED) is 0.780. The van der Waals surface area contributed by atoms with E-state index in [1.54, 1.807) is 0 Å². The molecule has 0 aromatic heterocycles. The number of hydrogen-bond donors (Lipinski definition) is 1. The maximum absolute atomic E-state index is 10.8. The van der Waals surface area contributed by atoms with Crippen molar-refractivity contribution in [3.8, 4) is 5.75 Å². The normalized spacial score (nSPS) is 11.7. The molecule has 1 N–H and O–H groups in total. The molecule has 98 valence electrons. The monoisotopic (exact) mass is 248 g/mol. The van der Waals surface area contributed by atoms with E-state index in [1.165, 1.54) is 6.08 Å². The number of carboxylic acid groups (broad SMARTS) is 1. The van der Waals surface area contributed by atoms with E-state index in [2.05, 4.69) is 0 Å². The van der Waals surface area contributed by atoms with Gasteiger partial charge in [-0.1, -0.05) is 25.5 Å². The lowest BCUT2D eigenvalue weighted by Gasteiger charge is -2.11. The molecule has 3 heteroatoms. The van der Waals surface area contributed by atoms with Crippen LogP contribution in [0.5, 0.6) is 5.75 Å². The van der Waals surface area contributed by atoms with Crippen LogP contribution in [0, 0.1) is 0 Å². The molecule has 0 spiro atoms. The first-order valence-electron chi connectivity index (χ1n) is 6.23. The number of allylic oxidation sites excluding steroid dienone is 1. The van der Waals surface area contributed by atoms with Crippen molar-refractivity contribution in [2.45, 2.75) is 39.7 Å². The van der Waals surface area contributed by atoms with Crippen LogP contribution in [-0.2, 0) is 4.79 Å². The van der Waals surface area contributed by atoms with Gasteiger partial charge in [-0.3, -0.25) is 0 Å². The third-order valence-corrected chi connectivity index (χ3v) is 2.41. The standard InChI is InChI=1S/C15H20O3/c1-4-5-13(10-15(16)17)12-6-8-14(9-7-12)18-11(2)3/h6-11H,4-5H2,1-3H3,(H,16,17)/b13-10+. The first-order chi connectivity index (χ1) is 8.52. The highest BCUT2D eigenvalue weighted by atomic mass is 16.5. The van der Waals surface area contributed by atoms with E-state index in [1.807, 2.05) is 45.0 Å². The van der Waals surface area contributed by atoms with Crippen molar-refractivity contribution in [2.24, 2.45) is 0 Å². The van der Waals surface area contributed by atoms with Crippen molar-refractivity contribution in [2.75, 3.05) is 0 Å². The number of carbonyl (C=O) groups is 1. The fourth-order valence-electron chi connectivity index (χ4n) is 1.74. The Kier molecular flexibility index (Phi) is 5.43. The molecule has 3 nitrogen and oxygen atoms in total. The number of hydrogen-bond acceptors (Lipinski definition) is 2. The van der Waals surface area contributed by atoms with E-state index in [0.717, 1.165) is 29.7 Å². The molecule has 0 fully saturated rings. The summed E-state index contributed by atoms with van der Waals surface area (Å²) in [6.07, 6.45) is 3.10. The largest absolute Gasteiger partial charge is 0.491 e. The van der Waals surface area contributed by atoms with Crippen molar-refractivity contribution in [3.63, 3.8) is 0 Å². The molecule has 0 aliphatic rings. The summed E-state index contributed by atoms with van der Waals surface area (Å²) in [4.78, 5) is 10.8. The minimum absolute atomic E-state index is 0.139. The molecule has 0 saturated carbocycles. The average molecular weight is 248 g/mol. The van der Waals surface area contributed by atoms with Gasteiger partial charge in [0, 0.05) is 6.08 Å². The van der Waals surface area contributed by atoms with E-state index >= 15 is 0 Å². The van der Waals surface area contributed by atoms with E-state index in [4.69, 9.17) is 9.84 Å². The molecule has 0 aliphatic carbocycles. The number of benzene rings is 1. The van der Waals surface area contributed by atoms with Crippen LogP contribution in [-0.4, -0.2) is 17.2 Å². The second-order valence-corrected chi connectivity index (χ2v) is 4.45. The zero-order valence-electron chi connectivity index (χ0n) is 11.1. The summed E-state index contributed by atoms with van der Waals surface area (Å²) in [6, 6.07) is 7.56. The summed E-state index contributed by atoms with van der Waals surface area (Å²) < 4.78 is 5.55. The summed E-state index contributed by atoms with van der Waals surface area (Å²) in [5.74, 6) is -0.0964. The Morgan fingerprint density at radius 3 is 2.39 bits per heavy atom. The van der Waals surface area contributed by atoms with Gasteiger partial charge in [-0.25, -0.2) is 4.79 Å². The second kappa shape index (κ2) is 6.84. The lowest BCUT2D eigenvalue weighted by atomic mass is 10.0. The van der Waals surface area contributed by atoms with Gasteiger partial charge in [-0.15, -0.1) is 0 Å². The van der Waals surface area contributed by atoms with Crippen LogP contribution in [0.4, 0.5) is 0 Å². The number of rotatable bonds is 6. The molecule has 1 aromatic carbocycles. The predicted octanol–water partition coefficient (Wildman–Crippen LogP) is 3.74. The fourth-order valence-corrected chi connectivity index (χ4v) is 1.74. The molecule has 18 heavy (non-hydrogen) atoms. The van der Waals surface area contributed by atoms with Gasteiger partial charge in [0.05, 0.1) is 6.10 Å². The molecule has 0 amide bonds. The Bertz CT molecular complexity index is 416. The molecule has 0 unspecified atom stereocenters. The van der Waals surface area contributed by atoms with Crippen molar-refractivity contribution in [1.29, 1.82) is 0 Å². The van der Waals surface area contributed by atoms with Crippen LogP contribution in [0.25, 0.3) is 5.57 Å². The molecular formula is C15H20O3. The highest BCUT2D eigenvalue weighted by Crippen LogP contribution is 2.23. The van der Waals surface area contributed by atoms with E-state index in [-0.39, 0.29) is 6.10 Å². The van der Waals surface area contributed by atoms with Crippen LogP contribution in [0.2, 0.25) is 0 Å². The summed E-state index contributed by atoms with van der Waals surface area (Å²) in [5, 5.41) is 8.84. The number of aliphatic carboxylic acids is 1. The Hall–Kier alpha value is -1.77. The van der Waals surface area contributed by atoms with Crippen LogP contribution in [0.1, 0.15) is 39.2 Å². The van der Waals surface area contributed by atoms with Gasteiger partial charge in [-0.2, -0.15) is 0 Å².